The van der Waals surface area contributed by atoms with Gasteiger partial charge in [0.25, 0.3) is 5.91 Å². The number of hydrogen-bond donors (Lipinski definition) is 1. The topological polar surface area (TPSA) is 72.5 Å². The van der Waals surface area contributed by atoms with Crippen LogP contribution in [0.4, 0.5) is 0 Å². The Bertz CT molecular complexity index is 1240. The van der Waals surface area contributed by atoms with Crippen molar-refractivity contribution in [2.75, 3.05) is 32.8 Å². The van der Waals surface area contributed by atoms with Crippen molar-refractivity contribution in [1.29, 1.82) is 0 Å². The normalized spacial score (nSPS) is 15.1. The van der Waals surface area contributed by atoms with Gasteiger partial charge in [-0.05, 0) is 24.6 Å². The van der Waals surface area contributed by atoms with Gasteiger partial charge in [-0.2, -0.15) is 5.10 Å². The van der Waals surface area contributed by atoms with E-state index < -0.39 is 0 Å². The Morgan fingerprint density at radius 3 is 2.40 bits per heavy atom. The molecule has 0 saturated carbocycles. The van der Waals surface area contributed by atoms with E-state index in [1.54, 1.807) is 0 Å². The molecule has 7 nitrogen and oxygen atoms in total. The molecule has 1 atom stereocenters. The second-order valence-electron chi connectivity index (χ2n) is 8.76. The first-order valence-electron chi connectivity index (χ1n) is 12.0. The zero-order chi connectivity index (χ0) is 24.0. The van der Waals surface area contributed by atoms with Gasteiger partial charge in [0.2, 0.25) is 0 Å². The van der Waals surface area contributed by atoms with E-state index in [0.29, 0.717) is 37.6 Å². The zero-order valence-corrected chi connectivity index (χ0v) is 19.9. The summed E-state index contributed by atoms with van der Waals surface area (Å²) in [6.45, 7) is 5.91. The summed E-state index contributed by atoms with van der Waals surface area (Å²) in [6, 6.07) is 23.9. The minimum absolute atomic E-state index is 0.0592. The lowest BCUT2D eigenvalue weighted by Crippen LogP contribution is -2.43. The molecule has 4 aromatic rings. The first-order valence-corrected chi connectivity index (χ1v) is 12.0. The largest absolute Gasteiger partial charge is 0.465 e. The molecule has 2 aromatic carbocycles. The third-order valence-electron chi connectivity index (χ3n) is 6.27. The first kappa shape index (κ1) is 23.1. The van der Waals surface area contributed by atoms with Gasteiger partial charge in [-0.15, -0.1) is 0 Å². The van der Waals surface area contributed by atoms with Crippen molar-refractivity contribution < 1.29 is 13.9 Å². The Hall–Kier alpha value is -3.68. The van der Waals surface area contributed by atoms with Gasteiger partial charge in [-0.1, -0.05) is 60.7 Å². The van der Waals surface area contributed by atoms with Crippen molar-refractivity contribution in [3.63, 3.8) is 0 Å². The predicted molar refractivity (Wildman–Crippen MR) is 134 cm³/mol. The van der Waals surface area contributed by atoms with Crippen LogP contribution in [-0.4, -0.2) is 53.4 Å². The molecule has 1 unspecified atom stereocenters. The van der Waals surface area contributed by atoms with Gasteiger partial charge in [0.1, 0.15) is 17.2 Å². The van der Waals surface area contributed by atoms with Gasteiger partial charge >= 0.3 is 0 Å². The number of aromatic nitrogens is 2. The first-order chi connectivity index (χ1) is 17.2. The van der Waals surface area contributed by atoms with Crippen LogP contribution in [-0.2, 0) is 11.3 Å². The molecule has 1 amide bonds. The molecule has 0 radical (unpaired) electrons. The number of aryl methyl sites for hydroxylation is 1. The van der Waals surface area contributed by atoms with Gasteiger partial charge in [-0.3, -0.25) is 14.4 Å². The molecule has 0 spiro atoms. The Morgan fingerprint density at radius 2 is 1.71 bits per heavy atom. The van der Waals surface area contributed by atoms with Crippen molar-refractivity contribution in [2.24, 2.45) is 0 Å². The van der Waals surface area contributed by atoms with E-state index in [2.05, 4.69) is 22.3 Å². The fourth-order valence-electron chi connectivity index (χ4n) is 4.46. The summed E-state index contributed by atoms with van der Waals surface area (Å²) in [5.74, 6) is 1.57. The summed E-state index contributed by atoms with van der Waals surface area (Å²) in [6.07, 6.45) is 1.84. The van der Waals surface area contributed by atoms with Gasteiger partial charge < -0.3 is 14.5 Å². The molecule has 1 aliphatic rings. The van der Waals surface area contributed by atoms with Crippen LogP contribution in [0.15, 0.2) is 83.4 Å². The number of rotatable bonds is 8. The third kappa shape index (κ3) is 5.53. The van der Waals surface area contributed by atoms with Crippen molar-refractivity contribution in [3.05, 3.63) is 102 Å². The van der Waals surface area contributed by atoms with Crippen LogP contribution in [0.5, 0.6) is 0 Å². The second-order valence-corrected chi connectivity index (χ2v) is 8.76. The van der Waals surface area contributed by atoms with Crippen LogP contribution in [0.3, 0.4) is 0 Å². The highest BCUT2D eigenvalue weighted by Crippen LogP contribution is 2.25. The minimum atomic E-state index is -0.148. The fraction of sp³-hybridized carbons (Fsp3) is 0.286. The van der Waals surface area contributed by atoms with E-state index in [1.807, 2.05) is 78.5 Å². The molecule has 3 heterocycles. The van der Waals surface area contributed by atoms with E-state index in [1.165, 1.54) is 0 Å². The quantitative estimate of drug-likeness (QED) is 0.416. The summed E-state index contributed by atoms with van der Waals surface area (Å²) in [5.41, 5.74) is 3.28. The van der Waals surface area contributed by atoms with Crippen LogP contribution in [0, 0.1) is 6.92 Å². The van der Waals surface area contributed by atoms with Gasteiger partial charge in [0.05, 0.1) is 31.4 Å². The average Bonchev–Trinajstić information content (AvgIpc) is 3.52. The molecule has 7 heteroatoms. The third-order valence-corrected chi connectivity index (χ3v) is 6.27. The molecule has 0 aliphatic carbocycles. The molecule has 1 aliphatic heterocycles. The SMILES string of the molecule is Cc1ccc(C(CNC(=O)c2cn(Cc3ccccc3)nc2-c2ccccc2)N2CCOCC2)o1. The van der Waals surface area contributed by atoms with Crippen molar-refractivity contribution in [1.82, 2.24) is 20.0 Å². The van der Waals surface area contributed by atoms with E-state index in [-0.39, 0.29) is 11.9 Å². The number of ether oxygens (including phenoxy) is 1. The highest BCUT2D eigenvalue weighted by atomic mass is 16.5. The molecular weight excluding hydrogens is 440 g/mol. The van der Waals surface area contributed by atoms with E-state index in [4.69, 9.17) is 14.3 Å². The second kappa shape index (κ2) is 10.7. The van der Waals surface area contributed by atoms with E-state index in [9.17, 15) is 4.79 Å². The monoisotopic (exact) mass is 470 g/mol. The molecule has 2 aromatic heterocycles. The lowest BCUT2D eigenvalue weighted by molar-refractivity contribution is 0.0117. The van der Waals surface area contributed by atoms with Crippen LogP contribution < -0.4 is 5.32 Å². The van der Waals surface area contributed by atoms with Crippen molar-refractivity contribution in [2.45, 2.75) is 19.5 Å². The Kier molecular flexibility index (Phi) is 7.07. The standard InChI is InChI=1S/C28H30N4O3/c1-21-12-13-26(35-21)25(31-14-16-34-17-15-31)18-29-28(33)24-20-32(19-22-8-4-2-5-9-22)30-27(24)23-10-6-3-7-11-23/h2-13,20,25H,14-19H2,1H3,(H,29,33). The predicted octanol–water partition coefficient (Wildman–Crippen LogP) is 4.30. The molecule has 1 fully saturated rings. The molecule has 35 heavy (non-hydrogen) atoms. The smallest absolute Gasteiger partial charge is 0.255 e. The van der Waals surface area contributed by atoms with Crippen LogP contribution in [0.25, 0.3) is 11.3 Å². The zero-order valence-electron chi connectivity index (χ0n) is 19.9. The maximum Gasteiger partial charge on any atom is 0.255 e. The highest BCUT2D eigenvalue weighted by molar-refractivity contribution is 5.99. The molecule has 5 rings (SSSR count). The summed E-state index contributed by atoms with van der Waals surface area (Å²) >= 11 is 0. The van der Waals surface area contributed by atoms with E-state index >= 15 is 0 Å². The number of furan rings is 1. The highest BCUT2D eigenvalue weighted by Gasteiger charge is 2.27. The molecule has 1 N–H and O–H groups in total. The number of carbonyl (C=O) groups excluding carboxylic acids is 1. The number of morpholine rings is 1. The van der Waals surface area contributed by atoms with Gasteiger partial charge in [-0.25, -0.2) is 0 Å². The van der Waals surface area contributed by atoms with Crippen LogP contribution in [0.1, 0.15) is 33.5 Å². The number of carbonyl (C=O) groups is 1. The Morgan fingerprint density at radius 1 is 1.00 bits per heavy atom. The lowest BCUT2D eigenvalue weighted by Gasteiger charge is -2.33. The summed E-state index contributed by atoms with van der Waals surface area (Å²) < 4.78 is 13.3. The number of benzene rings is 2. The van der Waals surface area contributed by atoms with E-state index in [0.717, 1.165) is 35.7 Å². The number of nitrogens with one attached hydrogen (secondary N) is 1. The minimum Gasteiger partial charge on any atom is -0.465 e. The summed E-state index contributed by atoms with van der Waals surface area (Å²) in [4.78, 5) is 15.8. The molecule has 1 saturated heterocycles. The van der Waals surface area contributed by atoms with Crippen molar-refractivity contribution in [3.8, 4) is 11.3 Å². The fourth-order valence-corrected chi connectivity index (χ4v) is 4.46. The summed E-state index contributed by atoms with van der Waals surface area (Å²) in [7, 11) is 0. The maximum absolute atomic E-state index is 13.5. The van der Waals surface area contributed by atoms with Gasteiger partial charge in [0.15, 0.2) is 0 Å². The van der Waals surface area contributed by atoms with Crippen LogP contribution in [0.2, 0.25) is 0 Å². The number of amides is 1. The van der Waals surface area contributed by atoms with Crippen LogP contribution >= 0.6 is 0 Å². The van der Waals surface area contributed by atoms with Crippen molar-refractivity contribution >= 4 is 5.91 Å². The Labute approximate surface area is 205 Å². The Balaban J connectivity index is 1.39. The lowest BCUT2D eigenvalue weighted by atomic mass is 10.1. The number of nitrogens with zero attached hydrogens (tertiary/aromatic N) is 3. The summed E-state index contributed by atoms with van der Waals surface area (Å²) in [5, 5.41) is 7.94. The number of hydrogen-bond acceptors (Lipinski definition) is 5. The molecule has 180 valence electrons. The van der Waals surface area contributed by atoms with Gasteiger partial charge in [0, 0.05) is 31.4 Å². The average molecular weight is 471 g/mol. The maximum atomic E-state index is 13.5. The molecular formula is C28H30N4O3. The molecule has 0 bridgehead atoms.